The van der Waals surface area contributed by atoms with Crippen molar-refractivity contribution in [1.29, 1.82) is 0 Å². The number of H-pyrrole nitrogens is 1. The first-order valence-corrected chi connectivity index (χ1v) is 7.75. The van der Waals surface area contributed by atoms with E-state index < -0.39 is 0 Å². The van der Waals surface area contributed by atoms with E-state index in [1.54, 1.807) is 6.20 Å². The minimum Gasteiger partial charge on any atom is -0.360 e. The zero-order chi connectivity index (χ0) is 14.9. The second-order valence-corrected chi connectivity index (χ2v) is 5.88. The lowest BCUT2D eigenvalue weighted by molar-refractivity contribution is 0.781. The molecule has 0 amide bonds. The van der Waals surface area contributed by atoms with Gasteiger partial charge < -0.3 is 15.6 Å². The highest BCUT2D eigenvalue weighted by Crippen LogP contribution is 2.32. The van der Waals surface area contributed by atoms with E-state index in [1.165, 1.54) is 0 Å². The van der Waals surface area contributed by atoms with Crippen LogP contribution >= 0.6 is 11.6 Å². The van der Waals surface area contributed by atoms with E-state index in [-0.39, 0.29) is 0 Å². The Bertz CT molecular complexity index is 807. The molecule has 0 unspecified atom stereocenters. The quantitative estimate of drug-likeness (QED) is 0.695. The first kappa shape index (κ1) is 13.5. The van der Waals surface area contributed by atoms with Crippen molar-refractivity contribution < 1.29 is 0 Å². The molecule has 0 bridgehead atoms. The maximum atomic E-state index is 6.33. The van der Waals surface area contributed by atoms with Crippen LogP contribution in [-0.2, 0) is 0 Å². The fourth-order valence-electron chi connectivity index (χ4n) is 2.85. The van der Waals surface area contributed by atoms with Crippen molar-refractivity contribution in [3.63, 3.8) is 0 Å². The Hall–Kier alpha value is -2.11. The third-order valence-corrected chi connectivity index (χ3v) is 4.26. The van der Waals surface area contributed by atoms with E-state index in [1.807, 2.05) is 24.4 Å². The number of benzene rings is 1. The molecule has 22 heavy (non-hydrogen) atoms. The van der Waals surface area contributed by atoms with Gasteiger partial charge in [-0.1, -0.05) is 29.8 Å². The summed E-state index contributed by atoms with van der Waals surface area (Å²) < 4.78 is 0. The number of nitrogens with zero attached hydrogens (tertiary/aromatic N) is 2. The van der Waals surface area contributed by atoms with Crippen LogP contribution in [0.15, 0.2) is 36.7 Å². The van der Waals surface area contributed by atoms with Crippen molar-refractivity contribution in [3.8, 4) is 11.3 Å². The third-order valence-electron chi connectivity index (χ3n) is 3.98. The Morgan fingerprint density at radius 3 is 3.05 bits per heavy atom. The summed E-state index contributed by atoms with van der Waals surface area (Å²) in [6.45, 7) is 1.97. The van der Waals surface area contributed by atoms with Crippen molar-refractivity contribution in [2.45, 2.75) is 12.5 Å². The second kappa shape index (κ2) is 5.59. The highest BCUT2D eigenvalue weighted by molar-refractivity contribution is 6.33. The van der Waals surface area contributed by atoms with Crippen LogP contribution in [0.4, 0.5) is 5.95 Å². The number of anilines is 1. The van der Waals surface area contributed by atoms with Crippen LogP contribution in [0.25, 0.3) is 22.2 Å². The highest BCUT2D eigenvalue weighted by atomic mass is 35.5. The van der Waals surface area contributed by atoms with Gasteiger partial charge in [-0.2, -0.15) is 0 Å². The second-order valence-electron chi connectivity index (χ2n) is 5.47. The van der Waals surface area contributed by atoms with E-state index in [0.29, 0.717) is 17.0 Å². The number of aromatic amines is 1. The maximum Gasteiger partial charge on any atom is 0.223 e. The average molecular weight is 314 g/mol. The lowest BCUT2D eigenvalue weighted by Crippen LogP contribution is -2.23. The molecule has 1 atom stereocenters. The molecule has 0 saturated carbocycles. The molecule has 3 heterocycles. The highest BCUT2D eigenvalue weighted by Gasteiger charge is 2.17. The average Bonchev–Trinajstić information content (AvgIpc) is 3.19. The SMILES string of the molecule is Clc1cnc(N[C@@H]2CCNC2)nc1-c1c[nH]c2ccccc12. The summed E-state index contributed by atoms with van der Waals surface area (Å²) in [7, 11) is 0. The number of halogens is 1. The summed E-state index contributed by atoms with van der Waals surface area (Å²) in [5.41, 5.74) is 2.82. The molecule has 2 aromatic heterocycles. The standard InChI is InChI=1S/C16H16ClN5/c17-13-9-20-16(21-10-5-6-18-7-10)22-15(13)12-8-19-14-4-2-1-3-11(12)14/h1-4,8-10,18-19H,5-7H2,(H,20,21,22)/t10-/m1/s1. The van der Waals surface area contributed by atoms with Crippen molar-refractivity contribution in [3.05, 3.63) is 41.7 Å². The Kier molecular flexibility index (Phi) is 3.44. The number of nitrogens with one attached hydrogen (secondary N) is 3. The molecular weight excluding hydrogens is 298 g/mol. The number of aromatic nitrogens is 3. The van der Waals surface area contributed by atoms with Gasteiger partial charge in [-0.3, -0.25) is 0 Å². The van der Waals surface area contributed by atoms with Gasteiger partial charge in [0.1, 0.15) is 0 Å². The summed E-state index contributed by atoms with van der Waals surface area (Å²) in [5, 5.41) is 8.35. The van der Waals surface area contributed by atoms with E-state index in [9.17, 15) is 0 Å². The predicted octanol–water partition coefficient (Wildman–Crippen LogP) is 3.05. The first-order valence-electron chi connectivity index (χ1n) is 7.37. The van der Waals surface area contributed by atoms with Crippen LogP contribution < -0.4 is 10.6 Å². The van der Waals surface area contributed by atoms with Gasteiger partial charge in [0.15, 0.2) is 0 Å². The van der Waals surface area contributed by atoms with Gasteiger partial charge in [0, 0.05) is 35.2 Å². The third kappa shape index (κ3) is 2.42. The molecule has 6 heteroatoms. The molecule has 0 radical (unpaired) electrons. The fraction of sp³-hybridized carbons (Fsp3) is 0.250. The molecule has 112 valence electrons. The first-order chi connectivity index (χ1) is 10.8. The summed E-state index contributed by atoms with van der Waals surface area (Å²) in [5.74, 6) is 0.624. The van der Waals surface area contributed by atoms with Gasteiger partial charge in [-0.25, -0.2) is 9.97 Å². The summed E-state index contributed by atoms with van der Waals surface area (Å²) >= 11 is 6.33. The molecular formula is C16H16ClN5. The molecule has 1 aromatic carbocycles. The molecule has 0 spiro atoms. The largest absolute Gasteiger partial charge is 0.360 e. The molecule has 1 aliphatic rings. The van der Waals surface area contributed by atoms with Crippen molar-refractivity contribution in [2.24, 2.45) is 0 Å². The monoisotopic (exact) mass is 313 g/mol. The van der Waals surface area contributed by atoms with Crippen LogP contribution in [0, 0.1) is 0 Å². The van der Waals surface area contributed by atoms with Crippen molar-refractivity contribution in [1.82, 2.24) is 20.3 Å². The van der Waals surface area contributed by atoms with Gasteiger partial charge in [0.05, 0.1) is 16.9 Å². The topological polar surface area (TPSA) is 65.6 Å². The number of para-hydroxylation sites is 1. The van der Waals surface area contributed by atoms with Crippen LogP contribution in [0.1, 0.15) is 6.42 Å². The number of rotatable bonds is 3. The minimum absolute atomic E-state index is 0.372. The summed E-state index contributed by atoms with van der Waals surface area (Å²) in [6.07, 6.45) is 4.69. The normalized spacial score (nSPS) is 18.0. The van der Waals surface area contributed by atoms with Gasteiger partial charge >= 0.3 is 0 Å². The number of hydrogen-bond donors (Lipinski definition) is 3. The molecule has 1 saturated heterocycles. The molecule has 3 N–H and O–H groups in total. The Balaban J connectivity index is 1.74. The zero-order valence-electron chi connectivity index (χ0n) is 11.9. The van der Waals surface area contributed by atoms with Crippen molar-refractivity contribution in [2.75, 3.05) is 18.4 Å². The molecule has 3 aromatic rings. The number of fused-ring (bicyclic) bond motifs is 1. The predicted molar refractivity (Wildman–Crippen MR) is 89.2 cm³/mol. The van der Waals surface area contributed by atoms with E-state index >= 15 is 0 Å². The zero-order valence-corrected chi connectivity index (χ0v) is 12.7. The maximum absolute atomic E-state index is 6.33. The van der Waals surface area contributed by atoms with Gasteiger partial charge in [0.2, 0.25) is 5.95 Å². The molecule has 5 nitrogen and oxygen atoms in total. The van der Waals surface area contributed by atoms with Gasteiger partial charge in [0.25, 0.3) is 0 Å². The lowest BCUT2D eigenvalue weighted by atomic mass is 10.1. The Morgan fingerprint density at radius 2 is 2.18 bits per heavy atom. The van der Waals surface area contributed by atoms with Crippen LogP contribution in [0.2, 0.25) is 5.02 Å². The lowest BCUT2D eigenvalue weighted by Gasteiger charge is -2.12. The Morgan fingerprint density at radius 1 is 1.27 bits per heavy atom. The van der Waals surface area contributed by atoms with Crippen molar-refractivity contribution >= 4 is 28.5 Å². The molecule has 0 aliphatic carbocycles. The number of hydrogen-bond acceptors (Lipinski definition) is 4. The molecule has 1 fully saturated rings. The van der Waals surface area contributed by atoms with Gasteiger partial charge in [-0.15, -0.1) is 0 Å². The fourth-order valence-corrected chi connectivity index (χ4v) is 3.05. The van der Waals surface area contributed by atoms with Crippen LogP contribution in [0.5, 0.6) is 0 Å². The Labute approximate surface area is 133 Å². The molecule has 4 rings (SSSR count). The minimum atomic E-state index is 0.372. The molecule has 1 aliphatic heterocycles. The van der Waals surface area contributed by atoms with Crippen LogP contribution in [0.3, 0.4) is 0 Å². The van der Waals surface area contributed by atoms with Crippen LogP contribution in [-0.4, -0.2) is 34.1 Å². The smallest absolute Gasteiger partial charge is 0.223 e. The van der Waals surface area contributed by atoms with E-state index in [2.05, 4.69) is 31.7 Å². The van der Waals surface area contributed by atoms with E-state index in [4.69, 9.17) is 11.6 Å². The summed E-state index contributed by atoms with van der Waals surface area (Å²) in [4.78, 5) is 12.2. The van der Waals surface area contributed by atoms with E-state index in [0.717, 1.165) is 41.7 Å². The summed E-state index contributed by atoms with van der Waals surface area (Å²) in [6, 6.07) is 8.49. The van der Waals surface area contributed by atoms with Gasteiger partial charge in [-0.05, 0) is 19.0 Å².